The number of rotatable bonds is 4. The molecule has 0 spiro atoms. The van der Waals surface area contributed by atoms with Gasteiger partial charge < -0.3 is 9.64 Å². The predicted molar refractivity (Wildman–Crippen MR) is 77.9 cm³/mol. The summed E-state index contributed by atoms with van der Waals surface area (Å²) < 4.78 is 5.15. The highest BCUT2D eigenvalue weighted by molar-refractivity contribution is 5.62. The van der Waals surface area contributed by atoms with Crippen molar-refractivity contribution in [2.75, 3.05) is 19.1 Å². The van der Waals surface area contributed by atoms with Gasteiger partial charge in [0.25, 0.3) is 0 Å². The Balaban J connectivity index is 2.34. The van der Waals surface area contributed by atoms with Crippen LogP contribution in [0.25, 0.3) is 6.08 Å². The predicted octanol–water partition coefficient (Wildman–Crippen LogP) is 3.20. The molecule has 1 heterocycles. The summed E-state index contributed by atoms with van der Waals surface area (Å²) in [6.07, 6.45) is 1.72. The second kappa shape index (κ2) is 5.52. The zero-order chi connectivity index (χ0) is 13.8. The molecular formula is C15H17N3O. The van der Waals surface area contributed by atoms with Gasteiger partial charge in [0.05, 0.1) is 12.8 Å². The first-order valence-electron chi connectivity index (χ1n) is 6.00. The molecule has 0 unspecified atom stereocenters. The molecule has 0 aliphatic carbocycles. The van der Waals surface area contributed by atoms with E-state index >= 15 is 0 Å². The zero-order valence-corrected chi connectivity index (χ0v) is 11.4. The van der Waals surface area contributed by atoms with Crippen LogP contribution in [0.1, 0.15) is 11.5 Å². The fourth-order valence-electron chi connectivity index (χ4n) is 1.79. The number of anilines is 2. The summed E-state index contributed by atoms with van der Waals surface area (Å²) in [4.78, 5) is 10.7. The van der Waals surface area contributed by atoms with Gasteiger partial charge in [-0.3, -0.25) is 0 Å². The van der Waals surface area contributed by atoms with Crippen LogP contribution < -0.4 is 9.64 Å². The molecule has 1 aromatic carbocycles. The smallest absolute Gasteiger partial charge is 0.137 e. The lowest BCUT2D eigenvalue weighted by atomic mass is 10.2. The van der Waals surface area contributed by atoms with Crippen molar-refractivity contribution in [1.29, 1.82) is 0 Å². The molecule has 0 atom stereocenters. The number of ether oxygens (including phenoxy) is 1. The van der Waals surface area contributed by atoms with Crippen molar-refractivity contribution >= 4 is 17.6 Å². The topological polar surface area (TPSA) is 38.2 Å². The maximum absolute atomic E-state index is 5.15. The van der Waals surface area contributed by atoms with E-state index in [1.165, 1.54) is 0 Å². The van der Waals surface area contributed by atoms with Crippen molar-refractivity contribution < 1.29 is 4.74 Å². The Labute approximate surface area is 113 Å². The second-order valence-corrected chi connectivity index (χ2v) is 4.16. The van der Waals surface area contributed by atoms with Crippen LogP contribution in [0, 0.1) is 6.92 Å². The average Bonchev–Trinajstić information content (AvgIpc) is 2.46. The van der Waals surface area contributed by atoms with E-state index in [9.17, 15) is 0 Å². The van der Waals surface area contributed by atoms with Crippen LogP contribution in [0.15, 0.2) is 36.9 Å². The van der Waals surface area contributed by atoms with E-state index in [4.69, 9.17) is 4.74 Å². The fraction of sp³-hybridized carbons (Fsp3) is 0.200. The Kier molecular flexibility index (Phi) is 3.80. The van der Waals surface area contributed by atoms with Crippen LogP contribution in [0.2, 0.25) is 0 Å². The van der Waals surface area contributed by atoms with Gasteiger partial charge in [0.1, 0.15) is 17.4 Å². The van der Waals surface area contributed by atoms with Crippen molar-refractivity contribution in [1.82, 2.24) is 9.97 Å². The van der Waals surface area contributed by atoms with Gasteiger partial charge in [0.15, 0.2) is 0 Å². The lowest BCUT2D eigenvalue weighted by Gasteiger charge is -2.19. The fourth-order valence-corrected chi connectivity index (χ4v) is 1.79. The quantitative estimate of drug-likeness (QED) is 0.841. The molecule has 0 aliphatic heterocycles. The lowest BCUT2D eigenvalue weighted by molar-refractivity contribution is 0.415. The number of aromatic nitrogens is 2. The molecule has 4 heteroatoms. The second-order valence-electron chi connectivity index (χ2n) is 4.16. The van der Waals surface area contributed by atoms with Crippen molar-refractivity contribution in [3.63, 3.8) is 0 Å². The molecule has 0 bridgehead atoms. The molecule has 0 radical (unpaired) electrons. The number of methoxy groups -OCH3 is 1. The molecule has 0 amide bonds. The first kappa shape index (κ1) is 13.1. The van der Waals surface area contributed by atoms with Crippen LogP contribution in [-0.2, 0) is 0 Å². The Morgan fingerprint density at radius 3 is 2.47 bits per heavy atom. The van der Waals surface area contributed by atoms with E-state index in [2.05, 4.69) is 16.5 Å². The van der Waals surface area contributed by atoms with Crippen molar-refractivity contribution in [3.05, 3.63) is 48.4 Å². The Morgan fingerprint density at radius 2 is 1.89 bits per heavy atom. The minimum atomic E-state index is 0.729. The van der Waals surface area contributed by atoms with E-state index < -0.39 is 0 Å². The Hall–Kier alpha value is -2.36. The third-order valence-corrected chi connectivity index (χ3v) is 2.86. The number of benzene rings is 1. The molecule has 2 aromatic rings. The van der Waals surface area contributed by atoms with E-state index in [0.29, 0.717) is 0 Å². The normalized spacial score (nSPS) is 10.1. The van der Waals surface area contributed by atoms with Crippen LogP contribution in [0.3, 0.4) is 0 Å². The molecule has 0 fully saturated rings. The number of hydrogen-bond donors (Lipinski definition) is 0. The maximum atomic E-state index is 5.15. The lowest BCUT2D eigenvalue weighted by Crippen LogP contribution is -2.12. The van der Waals surface area contributed by atoms with Crippen LogP contribution >= 0.6 is 0 Å². The van der Waals surface area contributed by atoms with Gasteiger partial charge in [-0.1, -0.05) is 6.58 Å². The number of nitrogens with zero attached hydrogens (tertiary/aromatic N) is 3. The van der Waals surface area contributed by atoms with Crippen LogP contribution in [0.4, 0.5) is 11.5 Å². The minimum absolute atomic E-state index is 0.729. The SMILES string of the molecule is C=Cc1cc(N(C)c2ccc(OC)cc2)nc(C)n1. The summed E-state index contributed by atoms with van der Waals surface area (Å²) in [5.41, 5.74) is 1.86. The van der Waals surface area contributed by atoms with Crippen LogP contribution in [-0.4, -0.2) is 24.1 Å². The molecule has 4 nitrogen and oxygen atoms in total. The summed E-state index contributed by atoms with van der Waals surface area (Å²) in [5, 5.41) is 0. The standard InChI is InChI=1S/C15H17N3O/c1-5-12-10-15(17-11(2)16-12)18(3)13-6-8-14(19-4)9-7-13/h5-10H,1H2,2-4H3. The molecule has 19 heavy (non-hydrogen) atoms. The third kappa shape index (κ3) is 2.91. The van der Waals surface area contributed by atoms with Crippen molar-refractivity contribution in [3.8, 4) is 5.75 Å². The van der Waals surface area contributed by atoms with Crippen LogP contribution in [0.5, 0.6) is 5.75 Å². The number of hydrogen-bond acceptors (Lipinski definition) is 4. The van der Waals surface area contributed by atoms with Crippen molar-refractivity contribution in [2.24, 2.45) is 0 Å². The van der Waals surface area contributed by atoms with E-state index in [0.717, 1.165) is 28.8 Å². The Morgan fingerprint density at radius 1 is 1.21 bits per heavy atom. The third-order valence-electron chi connectivity index (χ3n) is 2.86. The minimum Gasteiger partial charge on any atom is -0.497 e. The molecule has 0 saturated heterocycles. The first-order valence-corrected chi connectivity index (χ1v) is 6.00. The highest BCUT2D eigenvalue weighted by Crippen LogP contribution is 2.24. The summed E-state index contributed by atoms with van der Waals surface area (Å²) in [6.45, 7) is 5.62. The summed E-state index contributed by atoms with van der Waals surface area (Å²) >= 11 is 0. The molecule has 0 saturated carbocycles. The van der Waals surface area contributed by atoms with Gasteiger partial charge >= 0.3 is 0 Å². The van der Waals surface area contributed by atoms with Gasteiger partial charge in [-0.05, 0) is 37.3 Å². The monoisotopic (exact) mass is 255 g/mol. The molecule has 98 valence electrons. The highest BCUT2D eigenvalue weighted by Gasteiger charge is 2.07. The highest BCUT2D eigenvalue weighted by atomic mass is 16.5. The van der Waals surface area contributed by atoms with Gasteiger partial charge in [0, 0.05) is 18.8 Å². The van der Waals surface area contributed by atoms with Gasteiger partial charge in [0.2, 0.25) is 0 Å². The summed E-state index contributed by atoms with van der Waals surface area (Å²) in [5.74, 6) is 2.41. The van der Waals surface area contributed by atoms with E-state index in [1.807, 2.05) is 49.2 Å². The summed E-state index contributed by atoms with van der Waals surface area (Å²) in [7, 11) is 3.62. The van der Waals surface area contributed by atoms with Gasteiger partial charge in [-0.2, -0.15) is 0 Å². The maximum Gasteiger partial charge on any atom is 0.137 e. The molecule has 0 aliphatic rings. The molecule has 0 N–H and O–H groups in total. The molecule has 1 aromatic heterocycles. The zero-order valence-electron chi connectivity index (χ0n) is 11.4. The number of aryl methyl sites for hydroxylation is 1. The molecule has 2 rings (SSSR count). The average molecular weight is 255 g/mol. The van der Waals surface area contributed by atoms with E-state index in [1.54, 1.807) is 13.2 Å². The molecular weight excluding hydrogens is 238 g/mol. The van der Waals surface area contributed by atoms with Gasteiger partial charge in [-0.25, -0.2) is 9.97 Å². The first-order chi connectivity index (χ1) is 9.13. The summed E-state index contributed by atoms with van der Waals surface area (Å²) in [6, 6.07) is 9.74. The van der Waals surface area contributed by atoms with Gasteiger partial charge in [-0.15, -0.1) is 0 Å². The Bertz CT molecular complexity index is 578. The van der Waals surface area contributed by atoms with Crippen molar-refractivity contribution in [2.45, 2.75) is 6.92 Å². The largest absolute Gasteiger partial charge is 0.497 e. The van der Waals surface area contributed by atoms with E-state index in [-0.39, 0.29) is 0 Å².